The standard InChI is InChI=1S/C50H97NO11S/c1-3-5-7-9-11-13-15-17-18-19-20-21-22-23-24-25-26-27-28-29-31-33-35-37-39-44(53)43(51-46(54)40-38-36-34-32-30-16-14-12-10-8-6-4-2)42-60-50-48(56)49(62-63(57,58)59)47(55)45(41-52)61-50/h12,14,43-45,47-50,52-53,55-56H,3-11,13,15-42H2,1-2H3,(H,51,54)(H,57,58,59)/b14-12-. The summed E-state index contributed by atoms with van der Waals surface area (Å²) in [5.74, 6) is -0.237. The summed E-state index contributed by atoms with van der Waals surface area (Å²) in [6, 6.07) is -0.859. The fourth-order valence-corrected chi connectivity index (χ4v) is 9.02. The van der Waals surface area contributed by atoms with Crippen LogP contribution in [0.1, 0.15) is 245 Å². The first-order valence-corrected chi connectivity index (χ1v) is 27.4. The molecule has 0 aromatic heterocycles. The van der Waals surface area contributed by atoms with E-state index < -0.39 is 59.9 Å². The number of unbranched alkanes of at least 4 members (excludes halogenated alkanes) is 31. The Hall–Kier alpha value is -1.16. The molecule has 0 spiro atoms. The predicted molar refractivity (Wildman–Crippen MR) is 255 cm³/mol. The quantitative estimate of drug-likeness (QED) is 0.0193. The van der Waals surface area contributed by atoms with Gasteiger partial charge in [-0.25, -0.2) is 4.18 Å². The Labute approximate surface area is 385 Å². The molecule has 1 aliphatic heterocycles. The van der Waals surface area contributed by atoms with Gasteiger partial charge in [0.05, 0.1) is 25.4 Å². The monoisotopic (exact) mass is 920 g/mol. The topological polar surface area (TPSA) is 192 Å². The number of carbonyl (C=O) groups excluding carboxylic acids is 1. The maximum absolute atomic E-state index is 13.0. The second-order valence-corrected chi connectivity index (χ2v) is 19.5. The van der Waals surface area contributed by atoms with E-state index in [4.69, 9.17) is 9.47 Å². The molecule has 1 rings (SSSR count). The minimum absolute atomic E-state index is 0.237. The van der Waals surface area contributed by atoms with Gasteiger partial charge in [0.15, 0.2) is 6.29 Å². The molecule has 1 heterocycles. The third kappa shape index (κ3) is 33.9. The lowest BCUT2D eigenvalue weighted by Gasteiger charge is -2.41. The van der Waals surface area contributed by atoms with E-state index in [1.54, 1.807) is 0 Å². The van der Waals surface area contributed by atoms with E-state index in [0.717, 1.165) is 64.2 Å². The van der Waals surface area contributed by atoms with Crippen LogP contribution in [-0.4, -0.2) is 95.4 Å². The van der Waals surface area contributed by atoms with Gasteiger partial charge in [-0.15, -0.1) is 0 Å². The number of aliphatic hydroxyl groups is 4. The lowest BCUT2D eigenvalue weighted by atomic mass is 9.99. The molecule has 7 unspecified atom stereocenters. The third-order valence-corrected chi connectivity index (χ3v) is 13.0. The maximum Gasteiger partial charge on any atom is 0.397 e. The first-order valence-electron chi connectivity index (χ1n) is 26.1. The number of rotatable bonds is 45. The number of carbonyl (C=O) groups is 1. The first-order chi connectivity index (χ1) is 30.5. The van der Waals surface area contributed by atoms with Gasteiger partial charge in [0.2, 0.25) is 5.91 Å². The molecule has 0 radical (unpaired) electrons. The lowest BCUT2D eigenvalue weighted by Crippen LogP contribution is -2.61. The van der Waals surface area contributed by atoms with Crippen LogP contribution in [-0.2, 0) is 28.9 Å². The van der Waals surface area contributed by atoms with Gasteiger partial charge in [0.1, 0.15) is 24.4 Å². The van der Waals surface area contributed by atoms with Crippen molar-refractivity contribution >= 4 is 16.3 Å². The highest BCUT2D eigenvalue weighted by atomic mass is 32.3. The number of hydrogen-bond donors (Lipinski definition) is 6. The lowest BCUT2D eigenvalue weighted by molar-refractivity contribution is -0.298. The Bertz CT molecular complexity index is 1180. The molecule has 1 aliphatic rings. The zero-order chi connectivity index (χ0) is 46.2. The molecular weight excluding hydrogens is 823 g/mol. The molecule has 1 saturated heterocycles. The minimum Gasteiger partial charge on any atom is -0.394 e. The molecule has 0 bridgehead atoms. The highest BCUT2D eigenvalue weighted by molar-refractivity contribution is 7.80. The van der Waals surface area contributed by atoms with Gasteiger partial charge in [-0.1, -0.05) is 212 Å². The van der Waals surface area contributed by atoms with Gasteiger partial charge < -0.3 is 35.2 Å². The van der Waals surface area contributed by atoms with Gasteiger partial charge in [0.25, 0.3) is 0 Å². The van der Waals surface area contributed by atoms with Crippen LogP contribution in [0.15, 0.2) is 12.2 Å². The van der Waals surface area contributed by atoms with E-state index in [2.05, 4.69) is 35.5 Å². The van der Waals surface area contributed by atoms with E-state index in [-0.39, 0.29) is 18.9 Å². The van der Waals surface area contributed by atoms with Crippen LogP contribution < -0.4 is 5.32 Å². The van der Waals surface area contributed by atoms with E-state index in [1.807, 2.05) is 0 Å². The van der Waals surface area contributed by atoms with Crippen LogP contribution in [0.3, 0.4) is 0 Å². The Morgan fingerprint density at radius 2 is 1.02 bits per heavy atom. The molecule has 63 heavy (non-hydrogen) atoms. The molecule has 13 heteroatoms. The largest absolute Gasteiger partial charge is 0.397 e. The summed E-state index contributed by atoms with van der Waals surface area (Å²) in [5.41, 5.74) is 0. The third-order valence-electron chi connectivity index (χ3n) is 12.6. The number of amides is 1. The summed E-state index contributed by atoms with van der Waals surface area (Å²) in [6.07, 6.45) is 38.0. The fourth-order valence-electron chi connectivity index (χ4n) is 8.51. The summed E-state index contributed by atoms with van der Waals surface area (Å²) in [7, 11) is -5.08. The molecule has 0 aromatic carbocycles. The van der Waals surface area contributed by atoms with E-state index in [9.17, 15) is 38.2 Å². The molecule has 0 aromatic rings. The highest BCUT2D eigenvalue weighted by Gasteiger charge is 2.48. The smallest absolute Gasteiger partial charge is 0.394 e. The number of allylic oxidation sites excluding steroid dienone is 2. The summed E-state index contributed by atoms with van der Waals surface area (Å²) in [6.45, 7) is 3.44. The number of aliphatic hydroxyl groups excluding tert-OH is 4. The minimum atomic E-state index is -5.08. The molecule has 6 N–H and O–H groups in total. The predicted octanol–water partition coefficient (Wildman–Crippen LogP) is 11.1. The van der Waals surface area contributed by atoms with Crippen molar-refractivity contribution in [3.63, 3.8) is 0 Å². The summed E-state index contributed by atoms with van der Waals surface area (Å²) < 4.78 is 47.7. The van der Waals surface area contributed by atoms with Gasteiger partial charge in [-0.05, 0) is 38.5 Å². The fraction of sp³-hybridized carbons (Fsp3) is 0.940. The van der Waals surface area contributed by atoms with Gasteiger partial charge in [0, 0.05) is 6.42 Å². The Balaban J connectivity index is 2.36. The van der Waals surface area contributed by atoms with Crippen LogP contribution in [0, 0.1) is 0 Å². The van der Waals surface area contributed by atoms with Crippen LogP contribution in [0.4, 0.5) is 0 Å². The van der Waals surface area contributed by atoms with E-state index in [0.29, 0.717) is 12.8 Å². The Morgan fingerprint density at radius 3 is 1.46 bits per heavy atom. The van der Waals surface area contributed by atoms with Gasteiger partial charge >= 0.3 is 10.4 Å². The average molecular weight is 920 g/mol. The van der Waals surface area contributed by atoms with Crippen molar-refractivity contribution in [2.45, 2.75) is 288 Å². The molecule has 374 valence electrons. The molecule has 7 atom stereocenters. The van der Waals surface area contributed by atoms with Crippen LogP contribution in [0.25, 0.3) is 0 Å². The molecule has 0 aliphatic carbocycles. The van der Waals surface area contributed by atoms with Crippen molar-refractivity contribution < 1.29 is 51.8 Å². The van der Waals surface area contributed by atoms with Crippen molar-refractivity contribution in [3.05, 3.63) is 12.2 Å². The van der Waals surface area contributed by atoms with Gasteiger partial charge in [-0.2, -0.15) is 8.42 Å². The normalized spacial score (nSPS) is 20.4. The second kappa shape index (κ2) is 41.1. The van der Waals surface area contributed by atoms with Crippen molar-refractivity contribution in [2.24, 2.45) is 0 Å². The van der Waals surface area contributed by atoms with E-state index in [1.165, 1.54) is 148 Å². The van der Waals surface area contributed by atoms with E-state index >= 15 is 0 Å². The first kappa shape index (κ1) is 59.9. The Kier molecular flexibility index (Phi) is 39.0. The number of nitrogens with one attached hydrogen (secondary N) is 1. The Morgan fingerprint density at radius 1 is 0.619 bits per heavy atom. The number of ether oxygens (including phenoxy) is 2. The molecule has 1 fully saturated rings. The average Bonchev–Trinajstić information content (AvgIpc) is 3.25. The van der Waals surface area contributed by atoms with Crippen molar-refractivity contribution in [1.82, 2.24) is 5.32 Å². The SMILES string of the molecule is CCCCC/C=C\CCCCCCCC(=O)NC(COC1OC(CO)C(O)C(OS(=O)(=O)O)C1O)C(O)CCCCCCCCCCCCCCCCCCCCCCCCCC. The summed E-state index contributed by atoms with van der Waals surface area (Å²) in [4.78, 5) is 13.0. The van der Waals surface area contributed by atoms with Crippen LogP contribution in [0.5, 0.6) is 0 Å². The van der Waals surface area contributed by atoms with Crippen molar-refractivity contribution in [3.8, 4) is 0 Å². The molecule has 0 saturated carbocycles. The van der Waals surface area contributed by atoms with Crippen molar-refractivity contribution in [2.75, 3.05) is 13.2 Å². The zero-order valence-corrected chi connectivity index (χ0v) is 41.0. The second-order valence-electron chi connectivity index (χ2n) is 18.5. The number of hydrogen-bond acceptors (Lipinski definition) is 10. The van der Waals surface area contributed by atoms with Crippen LogP contribution >= 0.6 is 0 Å². The van der Waals surface area contributed by atoms with Crippen LogP contribution in [0.2, 0.25) is 0 Å². The van der Waals surface area contributed by atoms with Gasteiger partial charge in [-0.3, -0.25) is 9.35 Å². The highest BCUT2D eigenvalue weighted by Crippen LogP contribution is 2.26. The molecular formula is C50H97NO11S. The maximum atomic E-state index is 13.0. The summed E-state index contributed by atoms with van der Waals surface area (Å²) >= 11 is 0. The van der Waals surface area contributed by atoms with Crippen molar-refractivity contribution in [1.29, 1.82) is 0 Å². The zero-order valence-electron chi connectivity index (χ0n) is 40.2. The summed E-state index contributed by atoms with van der Waals surface area (Å²) in [5, 5.41) is 44.9. The molecule has 1 amide bonds. The molecule has 12 nitrogen and oxygen atoms in total.